The Bertz CT molecular complexity index is 803. The van der Waals surface area contributed by atoms with Crippen molar-refractivity contribution in [2.75, 3.05) is 16.9 Å². The molecule has 0 radical (unpaired) electrons. The number of aromatic nitrogens is 3. The minimum absolute atomic E-state index is 0.0631. The molecule has 1 saturated carbocycles. The number of benzene rings is 1. The minimum Gasteiger partial charge on any atom is -0.336 e. The van der Waals surface area contributed by atoms with E-state index in [0.29, 0.717) is 5.16 Å². The zero-order chi connectivity index (χ0) is 20.1. The Labute approximate surface area is 171 Å². The number of nitrogens with two attached hydrogens (primary N) is 1. The highest BCUT2D eigenvalue weighted by Crippen LogP contribution is 2.27. The highest BCUT2D eigenvalue weighted by atomic mass is 32.2. The Morgan fingerprint density at radius 2 is 1.86 bits per heavy atom. The van der Waals surface area contributed by atoms with Crippen molar-refractivity contribution in [3.63, 3.8) is 0 Å². The smallest absolute Gasteiger partial charge is 0.234 e. The average molecular weight is 402 g/mol. The van der Waals surface area contributed by atoms with Crippen LogP contribution in [0.3, 0.4) is 0 Å². The molecule has 0 unspecified atom stereocenters. The van der Waals surface area contributed by atoms with Gasteiger partial charge in [0, 0.05) is 12.1 Å². The van der Waals surface area contributed by atoms with Gasteiger partial charge in [0.1, 0.15) is 0 Å². The maximum Gasteiger partial charge on any atom is 0.234 e. The van der Waals surface area contributed by atoms with Gasteiger partial charge in [-0.15, -0.1) is 10.2 Å². The Morgan fingerprint density at radius 3 is 2.54 bits per heavy atom. The van der Waals surface area contributed by atoms with Gasteiger partial charge < -0.3 is 11.2 Å². The van der Waals surface area contributed by atoms with E-state index in [4.69, 9.17) is 5.84 Å². The van der Waals surface area contributed by atoms with Gasteiger partial charge in [-0.1, -0.05) is 61.6 Å². The van der Waals surface area contributed by atoms with E-state index in [-0.39, 0.29) is 11.7 Å². The fourth-order valence-electron chi connectivity index (χ4n) is 4.07. The summed E-state index contributed by atoms with van der Waals surface area (Å²) in [6, 6.07) is 4.15. The summed E-state index contributed by atoms with van der Waals surface area (Å²) in [6.45, 7) is 6.08. The van der Waals surface area contributed by atoms with Gasteiger partial charge in [0.05, 0.1) is 5.75 Å². The number of hydrogen-bond acceptors (Lipinski definition) is 5. The summed E-state index contributed by atoms with van der Waals surface area (Å²) in [7, 11) is 0. The molecule has 1 aliphatic rings. The molecule has 1 aromatic heterocycles. The molecule has 1 aliphatic carbocycles. The summed E-state index contributed by atoms with van der Waals surface area (Å²) in [5.74, 6) is 7.94. The van der Waals surface area contributed by atoms with Crippen molar-refractivity contribution in [2.24, 2.45) is 5.92 Å². The molecule has 6 nitrogen and oxygen atoms in total. The summed E-state index contributed by atoms with van der Waals surface area (Å²) < 4.78 is 1.54. The molecule has 0 saturated heterocycles. The summed E-state index contributed by atoms with van der Waals surface area (Å²) in [4.78, 5) is 12.4. The van der Waals surface area contributed by atoms with Crippen LogP contribution in [-0.4, -0.2) is 26.5 Å². The molecule has 1 aromatic carbocycles. The predicted molar refractivity (Wildman–Crippen MR) is 115 cm³/mol. The Morgan fingerprint density at radius 1 is 1.18 bits per heavy atom. The van der Waals surface area contributed by atoms with Crippen LogP contribution in [0.2, 0.25) is 0 Å². The van der Waals surface area contributed by atoms with Crippen molar-refractivity contribution in [3.8, 4) is 0 Å². The fourth-order valence-corrected chi connectivity index (χ4v) is 4.74. The zero-order valence-corrected chi connectivity index (χ0v) is 17.9. The van der Waals surface area contributed by atoms with E-state index >= 15 is 0 Å². The first-order chi connectivity index (χ1) is 13.4. The van der Waals surface area contributed by atoms with Gasteiger partial charge in [0.15, 0.2) is 5.82 Å². The van der Waals surface area contributed by atoms with Crippen molar-refractivity contribution in [1.82, 2.24) is 14.9 Å². The first-order valence-corrected chi connectivity index (χ1v) is 11.1. The minimum atomic E-state index is -0.0631. The second-order valence-electron chi connectivity index (χ2n) is 7.92. The molecule has 0 spiro atoms. The quantitative estimate of drug-likeness (QED) is 0.537. The monoisotopic (exact) mass is 401 g/mol. The van der Waals surface area contributed by atoms with Crippen LogP contribution >= 0.6 is 11.8 Å². The van der Waals surface area contributed by atoms with Crippen molar-refractivity contribution < 1.29 is 4.79 Å². The third kappa shape index (κ3) is 5.28. The molecule has 0 bridgehead atoms. The number of hydrogen-bond donors (Lipinski definition) is 2. The first kappa shape index (κ1) is 20.7. The van der Waals surface area contributed by atoms with Crippen LogP contribution in [0.1, 0.15) is 61.0 Å². The van der Waals surface area contributed by atoms with E-state index in [2.05, 4.69) is 34.6 Å². The second-order valence-corrected chi connectivity index (χ2v) is 8.86. The number of thioether (sulfide) groups is 1. The molecule has 2 aromatic rings. The van der Waals surface area contributed by atoms with E-state index in [1.54, 1.807) is 4.68 Å². The molecule has 0 atom stereocenters. The standard InChI is InChI=1S/C21H31N5OS/c1-14-11-15(2)20(16(3)12-14)23-19(27)13-28-21-25-24-18(26(21)22)10-9-17-7-5-4-6-8-17/h11-12,17H,4-10,13,22H2,1-3H3,(H,23,27). The summed E-state index contributed by atoms with van der Waals surface area (Å²) in [6.07, 6.45) is 8.66. The van der Waals surface area contributed by atoms with Crippen LogP contribution in [0.15, 0.2) is 17.3 Å². The first-order valence-electron chi connectivity index (χ1n) is 10.1. The summed E-state index contributed by atoms with van der Waals surface area (Å²) in [5.41, 5.74) is 4.23. The summed E-state index contributed by atoms with van der Waals surface area (Å²) >= 11 is 1.32. The van der Waals surface area contributed by atoms with Crippen molar-refractivity contribution in [2.45, 2.75) is 70.9 Å². The number of nitrogens with one attached hydrogen (secondary N) is 1. The molecule has 0 aliphatic heterocycles. The molecule has 152 valence electrons. The zero-order valence-electron chi connectivity index (χ0n) is 17.1. The number of amides is 1. The van der Waals surface area contributed by atoms with E-state index in [1.807, 2.05) is 13.8 Å². The number of carbonyl (C=O) groups is 1. The maximum absolute atomic E-state index is 12.4. The van der Waals surface area contributed by atoms with E-state index in [0.717, 1.165) is 41.4 Å². The third-order valence-electron chi connectivity index (χ3n) is 5.51. The van der Waals surface area contributed by atoms with Gasteiger partial charge in [-0.05, 0) is 44.2 Å². The van der Waals surface area contributed by atoms with Crippen LogP contribution in [0.25, 0.3) is 0 Å². The number of rotatable bonds is 7. The normalized spacial score (nSPS) is 15.0. The van der Waals surface area contributed by atoms with Gasteiger partial charge in [0.25, 0.3) is 0 Å². The molecule has 28 heavy (non-hydrogen) atoms. The largest absolute Gasteiger partial charge is 0.336 e. The van der Waals surface area contributed by atoms with Gasteiger partial charge >= 0.3 is 0 Å². The number of anilines is 1. The topological polar surface area (TPSA) is 85.8 Å². The average Bonchev–Trinajstić information content (AvgIpc) is 3.02. The van der Waals surface area contributed by atoms with Gasteiger partial charge in [-0.25, -0.2) is 4.68 Å². The highest BCUT2D eigenvalue weighted by molar-refractivity contribution is 7.99. The maximum atomic E-state index is 12.4. The van der Waals surface area contributed by atoms with Crippen LogP contribution in [0, 0.1) is 26.7 Å². The van der Waals surface area contributed by atoms with Gasteiger partial charge in [-0.3, -0.25) is 4.79 Å². The number of nitrogens with zero attached hydrogens (tertiary/aromatic N) is 3. The van der Waals surface area contributed by atoms with Gasteiger partial charge in [0.2, 0.25) is 11.1 Å². The van der Waals surface area contributed by atoms with Crippen LogP contribution < -0.4 is 11.2 Å². The van der Waals surface area contributed by atoms with E-state index < -0.39 is 0 Å². The Kier molecular flexibility index (Phi) is 6.99. The molecule has 3 rings (SSSR count). The number of aryl methyl sites for hydroxylation is 4. The number of carbonyl (C=O) groups excluding carboxylic acids is 1. The molecule has 1 heterocycles. The lowest BCUT2D eigenvalue weighted by Gasteiger charge is -2.20. The molecule has 1 amide bonds. The lowest BCUT2D eigenvalue weighted by Crippen LogP contribution is -2.18. The van der Waals surface area contributed by atoms with E-state index in [9.17, 15) is 4.79 Å². The van der Waals surface area contributed by atoms with Crippen molar-refractivity contribution >= 4 is 23.4 Å². The summed E-state index contributed by atoms with van der Waals surface area (Å²) in [5, 5.41) is 12.0. The third-order valence-corrected chi connectivity index (χ3v) is 6.45. The molecular formula is C21H31N5OS. The van der Waals surface area contributed by atoms with Crippen LogP contribution in [0.5, 0.6) is 0 Å². The number of nitrogen functional groups attached to an aromatic ring is 1. The fraction of sp³-hybridized carbons (Fsp3) is 0.571. The lowest BCUT2D eigenvalue weighted by atomic mass is 9.86. The molecule has 7 heteroatoms. The van der Waals surface area contributed by atoms with Crippen LogP contribution in [-0.2, 0) is 11.2 Å². The Hall–Kier alpha value is -2.02. The van der Waals surface area contributed by atoms with Crippen molar-refractivity contribution in [1.29, 1.82) is 0 Å². The second kappa shape index (κ2) is 9.45. The van der Waals surface area contributed by atoms with Crippen LogP contribution in [0.4, 0.5) is 5.69 Å². The SMILES string of the molecule is Cc1cc(C)c(NC(=O)CSc2nnc(CCC3CCCCC3)n2N)c(C)c1. The van der Waals surface area contributed by atoms with Gasteiger partial charge in [-0.2, -0.15) is 0 Å². The molecular weight excluding hydrogens is 370 g/mol. The lowest BCUT2D eigenvalue weighted by molar-refractivity contribution is -0.113. The molecule has 3 N–H and O–H groups in total. The van der Waals surface area contributed by atoms with E-state index in [1.165, 1.54) is 49.4 Å². The predicted octanol–water partition coefficient (Wildman–Crippen LogP) is 4.16. The highest BCUT2D eigenvalue weighted by Gasteiger charge is 2.17. The molecule has 1 fully saturated rings. The van der Waals surface area contributed by atoms with Crippen molar-refractivity contribution in [3.05, 3.63) is 34.6 Å². The Balaban J connectivity index is 1.52.